The van der Waals surface area contributed by atoms with Crippen molar-refractivity contribution in [1.29, 1.82) is 0 Å². The highest BCUT2D eigenvalue weighted by atomic mass is 35.5. The van der Waals surface area contributed by atoms with Crippen LogP contribution >= 0.6 is 23.2 Å². The number of methoxy groups -OCH3 is 1. The van der Waals surface area contributed by atoms with Crippen molar-refractivity contribution in [3.63, 3.8) is 0 Å². The Kier molecular flexibility index (Phi) is 9.63. The van der Waals surface area contributed by atoms with Crippen LogP contribution < -0.4 is 26.6 Å². The molecule has 0 fully saturated rings. The van der Waals surface area contributed by atoms with Crippen LogP contribution in [0.3, 0.4) is 0 Å². The van der Waals surface area contributed by atoms with E-state index in [2.05, 4.69) is 10.6 Å². The van der Waals surface area contributed by atoms with Crippen LogP contribution in [0.4, 0.5) is 5.69 Å². The van der Waals surface area contributed by atoms with Gasteiger partial charge in [-0.05, 0) is 54.8 Å². The number of benzene rings is 3. The number of carbonyl (C=O) groups excluding carboxylic acids is 2. The molecule has 11 heteroatoms. The Bertz CT molecular complexity index is 1660. The highest BCUT2D eigenvalue weighted by Crippen LogP contribution is 2.27. The van der Waals surface area contributed by atoms with E-state index in [1.54, 1.807) is 48.5 Å². The van der Waals surface area contributed by atoms with Crippen molar-refractivity contribution in [2.24, 2.45) is 0 Å². The largest absolute Gasteiger partial charge is 0.495 e. The molecule has 0 saturated heterocycles. The van der Waals surface area contributed by atoms with Gasteiger partial charge in [0, 0.05) is 30.2 Å². The molecule has 0 radical (unpaired) electrons. The molecule has 2 amide bonds. The van der Waals surface area contributed by atoms with Crippen molar-refractivity contribution in [3.8, 4) is 5.75 Å². The Labute approximate surface area is 240 Å². The molecule has 2 N–H and O–H groups in total. The van der Waals surface area contributed by atoms with Crippen LogP contribution in [0.15, 0.2) is 76.3 Å². The van der Waals surface area contributed by atoms with E-state index in [-0.39, 0.29) is 25.4 Å². The molecule has 4 aromatic rings. The summed E-state index contributed by atoms with van der Waals surface area (Å²) in [5.41, 5.74) is 0.571. The second kappa shape index (κ2) is 13.3. The van der Waals surface area contributed by atoms with Crippen molar-refractivity contribution in [2.45, 2.75) is 38.9 Å². The first-order valence-corrected chi connectivity index (χ1v) is 13.4. The smallest absolute Gasteiger partial charge is 0.331 e. The van der Waals surface area contributed by atoms with Gasteiger partial charge in [-0.1, -0.05) is 53.5 Å². The Balaban J connectivity index is 1.43. The number of halogens is 2. The first-order chi connectivity index (χ1) is 19.3. The number of amides is 2. The molecular formula is C29H28Cl2N4O5. The molecule has 0 saturated carbocycles. The number of nitrogens with one attached hydrogen (secondary N) is 2. The molecule has 0 spiro atoms. The Morgan fingerprint density at radius 2 is 1.62 bits per heavy atom. The Morgan fingerprint density at radius 3 is 2.38 bits per heavy atom. The summed E-state index contributed by atoms with van der Waals surface area (Å²) >= 11 is 12.3. The zero-order valence-corrected chi connectivity index (χ0v) is 23.3. The number of unbranched alkanes of at least 4 members (excludes halogenated alkanes) is 1. The molecule has 9 nitrogen and oxygen atoms in total. The number of hydrogen-bond donors (Lipinski definition) is 2. The molecule has 0 bridgehead atoms. The number of nitrogens with zero attached hydrogens (tertiary/aromatic N) is 2. The molecule has 208 valence electrons. The maximum absolute atomic E-state index is 13.4. The summed E-state index contributed by atoms with van der Waals surface area (Å²) < 4.78 is 7.51. The van der Waals surface area contributed by atoms with Crippen LogP contribution in [0, 0.1) is 0 Å². The van der Waals surface area contributed by atoms with Crippen molar-refractivity contribution >= 4 is 51.6 Å². The summed E-state index contributed by atoms with van der Waals surface area (Å²) in [6.45, 7) is 0.113. The van der Waals surface area contributed by atoms with Gasteiger partial charge in [0.15, 0.2) is 0 Å². The molecule has 3 aromatic carbocycles. The standard InChI is InChI=1S/C29H28Cl2N4O5/c1-40-25-14-13-20(16-23(25)31)33-27(37)18-35-24-11-5-3-9-21(24)28(38)34(29(35)39)15-7-6-12-26(36)32-17-19-8-2-4-10-22(19)30/h2-5,8-11,13-14,16H,6-7,12,15,17-18H2,1H3,(H,32,36)(H,33,37). The van der Waals surface area contributed by atoms with Crippen LogP contribution in [0.25, 0.3) is 10.9 Å². The fraction of sp³-hybridized carbons (Fsp3) is 0.241. The molecule has 0 aliphatic rings. The van der Waals surface area contributed by atoms with Gasteiger partial charge in [0.25, 0.3) is 5.56 Å². The summed E-state index contributed by atoms with van der Waals surface area (Å²) in [6.07, 6.45) is 1.11. The maximum atomic E-state index is 13.4. The van der Waals surface area contributed by atoms with Crippen molar-refractivity contribution in [3.05, 3.63) is 103 Å². The fourth-order valence-electron chi connectivity index (χ4n) is 4.29. The van der Waals surface area contributed by atoms with Crippen molar-refractivity contribution in [1.82, 2.24) is 14.5 Å². The quantitative estimate of drug-likeness (QED) is 0.251. The molecule has 4 rings (SSSR count). The SMILES string of the molecule is COc1ccc(NC(=O)Cn2c(=O)n(CCCCC(=O)NCc3ccccc3Cl)c(=O)c3ccccc32)cc1Cl. The third-order valence-electron chi connectivity index (χ3n) is 6.34. The molecule has 0 atom stereocenters. The lowest BCUT2D eigenvalue weighted by Crippen LogP contribution is -2.41. The van der Waals surface area contributed by atoms with Crippen LogP contribution in [0.1, 0.15) is 24.8 Å². The number of carbonyl (C=O) groups is 2. The van der Waals surface area contributed by atoms with Gasteiger partial charge in [-0.15, -0.1) is 0 Å². The summed E-state index contributed by atoms with van der Waals surface area (Å²) in [5.74, 6) is -0.153. The lowest BCUT2D eigenvalue weighted by molar-refractivity contribution is -0.121. The molecule has 1 heterocycles. The Hall–Kier alpha value is -4.08. The van der Waals surface area contributed by atoms with Crippen molar-refractivity contribution in [2.75, 3.05) is 12.4 Å². The van der Waals surface area contributed by atoms with Crippen molar-refractivity contribution < 1.29 is 14.3 Å². The zero-order valence-electron chi connectivity index (χ0n) is 21.8. The monoisotopic (exact) mass is 582 g/mol. The van der Waals surface area contributed by atoms with E-state index in [0.29, 0.717) is 51.8 Å². The lowest BCUT2D eigenvalue weighted by Gasteiger charge is -2.14. The topological polar surface area (TPSA) is 111 Å². The van der Waals surface area contributed by atoms with Crippen LogP contribution in [0.2, 0.25) is 10.0 Å². The number of para-hydroxylation sites is 1. The fourth-order valence-corrected chi connectivity index (χ4v) is 4.75. The third-order valence-corrected chi connectivity index (χ3v) is 7.00. The number of hydrogen-bond acceptors (Lipinski definition) is 5. The van der Waals surface area contributed by atoms with E-state index < -0.39 is 17.2 Å². The zero-order chi connectivity index (χ0) is 28.6. The van der Waals surface area contributed by atoms with Gasteiger partial charge < -0.3 is 15.4 Å². The van der Waals surface area contributed by atoms with E-state index in [9.17, 15) is 19.2 Å². The van der Waals surface area contributed by atoms with E-state index in [0.717, 1.165) is 10.1 Å². The van der Waals surface area contributed by atoms with Crippen LogP contribution in [0.5, 0.6) is 5.75 Å². The summed E-state index contributed by atoms with van der Waals surface area (Å²) in [5, 5.41) is 6.78. The molecule has 0 aliphatic carbocycles. The highest BCUT2D eigenvalue weighted by Gasteiger charge is 2.16. The molecule has 0 aliphatic heterocycles. The minimum atomic E-state index is -0.602. The van der Waals surface area contributed by atoms with Gasteiger partial charge in [-0.25, -0.2) is 4.79 Å². The average Bonchev–Trinajstić information content (AvgIpc) is 2.94. The number of aromatic nitrogens is 2. The van der Waals surface area contributed by atoms with Gasteiger partial charge in [-0.2, -0.15) is 0 Å². The van der Waals surface area contributed by atoms with E-state index in [1.165, 1.54) is 11.7 Å². The average molecular weight is 583 g/mol. The molecule has 1 aromatic heterocycles. The molecule has 40 heavy (non-hydrogen) atoms. The van der Waals surface area contributed by atoms with E-state index >= 15 is 0 Å². The Morgan fingerprint density at radius 1 is 0.875 bits per heavy atom. The summed E-state index contributed by atoms with van der Waals surface area (Å²) in [4.78, 5) is 51.6. The summed E-state index contributed by atoms with van der Waals surface area (Å²) in [6, 6.07) is 18.7. The van der Waals surface area contributed by atoms with Gasteiger partial charge in [0.1, 0.15) is 12.3 Å². The predicted octanol–water partition coefficient (Wildman–Crippen LogP) is 4.60. The summed E-state index contributed by atoms with van der Waals surface area (Å²) in [7, 11) is 1.49. The molecular weight excluding hydrogens is 555 g/mol. The second-order valence-electron chi connectivity index (χ2n) is 9.07. The first-order valence-electron chi connectivity index (χ1n) is 12.6. The normalized spacial score (nSPS) is 10.9. The highest BCUT2D eigenvalue weighted by molar-refractivity contribution is 6.32. The lowest BCUT2D eigenvalue weighted by atomic mass is 10.2. The second-order valence-corrected chi connectivity index (χ2v) is 9.88. The minimum absolute atomic E-state index is 0.107. The maximum Gasteiger partial charge on any atom is 0.331 e. The van der Waals surface area contributed by atoms with E-state index in [4.69, 9.17) is 27.9 Å². The van der Waals surface area contributed by atoms with Gasteiger partial charge in [0.2, 0.25) is 11.8 Å². The number of fused-ring (bicyclic) bond motifs is 1. The van der Waals surface area contributed by atoms with Gasteiger partial charge >= 0.3 is 5.69 Å². The number of rotatable bonds is 11. The van der Waals surface area contributed by atoms with Crippen LogP contribution in [-0.2, 0) is 29.2 Å². The van der Waals surface area contributed by atoms with Gasteiger partial charge in [-0.3, -0.25) is 23.5 Å². The number of anilines is 1. The predicted molar refractivity (Wildman–Crippen MR) is 156 cm³/mol. The third kappa shape index (κ3) is 6.91. The first kappa shape index (κ1) is 28.9. The molecule has 0 unspecified atom stereocenters. The van der Waals surface area contributed by atoms with Crippen LogP contribution in [-0.4, -0.2) is 28.1 Å². The minimum Gasteiger partial charge on any atom is -0.495 e. The number of ether oxygens (including phenoxy) is 1. The van der Waals surface area contributed by atoms with Gasteiger partial charge in [0.05, 0.1) is 23.0 Å². The van der Waals surface area contributed by atoms with E-state index in [1.807, 2.05) is 18.2 Å².